The summed E-state index contributed by atoms with van der Waals surface area (Å²) in [6.45, 7) is 2.51. The van der Waals surface area contributed by atoms with Crippen molar-refractivity contribution in [3.63, 3.8) is 0 Å². The normalized spacial score (nSPS) is 21.8. The van der Waals surface area contributed by atoms with E-state index in [1.54, 1.807) is 32.2 Å². The first-order chi connectivity index (χ1) is 11.4. The highest BCUT2D eigenvalue weighted by molar-refractivity contribution is 7.89. The summed E-state index contributed by atoms with van der Waals surface area (Å²) in [5, 5.41) is 0. The summed E-state index contributed by atoms with van der Waals surface area (Å²) in [6, 6.07) is 14.6. The van der Waals surface area contributed by atoms with Gasteiger partial charge in [-0.25, -0.2) is 8.42 Å². The lowest BCUT2D eigenvalue weighted by molar-refractivity contribution is 0.414. The molecule has 3 rings (SSSR count). The van der Waals surface area contributed by atoms with E-state index in [2.05, 4.69) is 0 Å². The Morgan fingerprint density at radius 2 is 1.83 bits per heavy atom. The molecule has 2 aromatic rings. The van der Waals surface area contributed by atoms with E-state index in [9.17, 15) is 8.42 Å². The molecule has 1 fully saturated rings. The van der Waals surface area contributed by atoms with Crippen LogP contribution < -0.4 is 10.5 Å². The lowest BCUT2D eigenvalue weighted by atomic mass is 9.95. The summed E-state index contributed by atoms with van der Waals surface area (Å²) in [6.07, 6.45) is 0. The van der Waals surface area contributed by atoms with Crippen LogP contribution in [0.5, 0.6) is 5.75 Å². The van der Waals surface area contributed by atoms with Crippen LogP contribution in [0.2, 0.25) is 0 Å². The maximum absolute atomic E-state index is 13.0. The number of benzene rings is 2. The minimum atomic E-state index is -3.57. The molecule has 0 radical (unpaired) electrons. The average Bonchev–Trinajstić information content (AvgIpc) is 2.98. The first kappa shape index (κ1) is 17.0. The number of ether oxygens (including phenoxy) is 1. The van der Waals surface area contributed by atoms with Crippen LogP contribution in [-0.4, -0.2) is 39.0 Å². The summed E-state index contributed by atoms with van der Waals surface area (Å²) in [4.78, 5) is 0.309. The lowest BCUT2D eigenvalue weighted by Gasteiger charge is -2.18. The molecule has 128 valence electrons. The fourth-order valence-electron chi connectivity index (χ4n) is 3.22. The molecule has 24 heavy (non-hydrogen) atoms. The van der Waals surface area contributed by atoms with E-state index in [1.165, 1.54) is 4.31 Å². The van der Waals surface area contributed by atoms with E-state index >= 15 is 0 Å². The number of nitrogens with zero attached hydrogens (tertiary/aromatic N) is 1. The van der Waals surface area contributed by atoms with Gasteiger partial charge in [-0.3, -0.25) is 0 Å². The number of nitrogens with two attached hydrogens (primary N) is 1. The van der Waals surface area contributed by atoms with Gasteiger partial charge in [0.25, 0.3) is 0 Å². The number of hydrogen-bond acceptors (Lipinski definition) is 4. The monoisotopic (exact) mass is 346 g/mol. The third-order valence-corrected chi connectivity index (χ3v) is 6.55. The zero-order valence-electron chi connectivity index (χ0n) is 13.8. The minimum Gasteiger partial charge on any atom is -0.497 e. The molecule has 5 nitrogen and oxygen atoms in total. The van der Waals surface area contributed by atoms with Crippen LogP contribution in [0.25, 0.3) is 0 Å². The van der Waals surface area contributed by atoms with E-state index in [4.69, 9.17) is 10.5 Å². The Bertz CT molecular complexity index is 821. The maximum atomic E-state index is 13.0. The van der Waals surface area contributed by atoms with Crippen molar-refractivity contribution in [2.45, 2.75) is 23.8 Å². The van der Waals surface area contributed by atoms with Crippen molar-refractivity contribution < 1.29 is 13.2 Å². The van der Waals surface area contributed by atoms with Gasteiger partial charge >= 0.3 is 0 Å². The Kier molecular flexibility index (Phi) is 4.62. The summed E-state index contributed by atoms with van der Waals surface area (Å²) in [5.74, 6) is 0.659. The lowest BCUT2D eigenvalue weighted by Crippen LogP contribution is -2.32. The number of aryl methyl sites for hydroxylation is 1. The van der Waals surface area contributed by atoms with Crippen molar-refractivity contribution in [2.75, 3.05) is 20.2 Å². The molecular formula is C18H22N2O3S. The zero-order valence-corrected chi connectivity index (χ0v) is 14.7. The van der Waals surface area contributed by atoms with Gasteiger partial charge in [-0.05, 0) is 36.2 Å². The minimum absolute atomic E-state index is 0.0135. The second-order valence-electron chi connectivity index (χ2n) is 6.13. The summed E-state index contributed by atoms with van der Waals surface area (Å²) >= 11 is 0. The van der Waals surface area contributed by atoms with Crippen LogP contribution >= 0.6 is 0 Å². The van der Waals surface area contributed by atoms with Crippen molar-refractivity contribution in [1.29, 1.82) is 0 Å². The fourth-order valence-corrected chi connectivity index (χ4v) is 4.93. The first-order valence-corrected chi connectivity index (χ1v) is 9.33. The smallest absolute Gasteiger partial charge is 0.243 e. The van der Waals surface area contributed by atoms with Gasteiger partial charge in [-0.1, -0.05) is 30.3 Å². The van der Waals surface area contributed by atoms with Crippen molar-refractivity contribution in [3.8, 4) is 5.75 Å². The molecule has 0 bridgehead atoms. The van der Waals surface area contributed by atoms with Crippen LogP contribution in [0.3, 0.4) is 0 Å². The first-order valence-electron chi connectivity index (χ1n) is 7.89. The second kappa shape index (κ2) is 6.55. The Balaban J connectivity index is 1.89. The molecule has 1 heterocycles. The SMILES string of the molecule is COc1ccc(S(=O)(=O)N2C[C@@H](N)[C@H](c3ccccc3)C2)c(C)c1. The van der Waals surface area contributed by atoms with Gasteiger partial charge in [-0.2, -0.15) is 4.31 Å². The third kappa shape index (κ3) is 3.05. The van der Waals surface area contributed by atoms with Crippen LogP contribution in [-0.2, 0) is 10.0 Å². The summed E-state index contributed by atoms with van der Waals surface area (Å²) in [5.41, 5.74) is 7.98. The Hall–Kier alpha value is -1.89. The Morgan fingerprint density at radius 1 is 1.12 bits per heavy atom. The molecule has 0 spiro atoms. The largest absolute Gasteiger partial charge is 0.497 e. The predicted molar refractivity (Wildman–Crippen MR) is 93.6 cm³/mol. The van der Waals surface area contributed by atoms with Crippen molar-refractivity contribution in [1.82, 2.24) is 4.31 Å². The summed E-state index contributed by atoms with van der Waals surface area (Å²) < 4.78 is 32.7. The zero-order chi connectivity index (χ0) is 17.3. The third-order valence-electron chi connectivity index (χ3n) is 4.56. The molecular weight excluding hydrogens is 324 g/mol. The highest BCUT2D eigenvalue weighted by Crippen LogP contribution is 2.32. The Labute approximate surface area is 143 Å². The van der Waals surface area contributed by atoms with Crippen molar-refractivity contribution in [2.24, 2.45) is 5.73 Å². The van der Waals surface area contributed by atoms with E-state index in [0.717, 1.165) is 5.56 Å². The molecule has 0 unspecified atom stereocenters. The molecule has 2 N–H and O–H groups in total. The van der Waals surface area contributed by atoms with Gasteiger partial charge in [0.2, 0.25) is 10.0 Å². The van der Waals surface area contributed by atoms with Crippen LogP contribution in [0.4, 0.5) is 0 Å². The summed E-state index contributed by atoms with van der Waals surface area (Å²) in [7, 11) is -2.01. The van der Waals surface area contributed by atoms with E-state index in [0.29, 0.717) is 29.3 Å². The standard InChI is InChI=1S/C18H22N2O3S/c1-13-10-15(23-2)8-9-18(13)24(21,22)20-11-16(17(19)12-20)14-6-4-3-5-7-14/h3-10,16-17H,11-12,19H2,1-2H3/t16-,17+/m0/s1. The number of rotatable bonds is 4. The van der Waals surface area contributed by atoms with Crippen molar-refractivity contribution >= 4 is 10.0 Å². The van der Waals surface area contributed by atoms with Gasteiger partial charge in [0.15, 0.2) is 0 Å². The van der Waals surface area contributed by atoms with Gasteiger partial charge in [-0.15, -0.1) is 0 Å². The quantitative estimate of drug-likeness (QED) is 0.920. The Morgan fingerprint density at radius 3 is 2.46 bits per heavy atom. The van der Waals surface area contributed by atoms with Gasteiger partial charge in [0.05, 0.1) is 12.0 Å². The molecule has 0 saturated carbocycles. The highest BCUT2D eigenvalue weighted by Gasteiger charge is 2.38. The van der Waals surface area contributed by atoms with Gasteiger partial charge in [0.1, 0.15) is 5.75 Å². The topological polar surface area (TPSA) is 72.6 Å². The molecule has 6 heteroatoms. The molecule has 0 amide bonds. The molecule has 1 aliphatic heterocycles. The van der Waals surface area contributed by atoms with E-state index in [-0.39, 0.29) is 12.0 Å². The number of hydrogen-bond donors (Lipinski definition) is 1. The fraction of sp³-hybridized carbons (Fsp3) is 0.333. The molecule has 0 aromatic heterocycles. The molecule has 1 saturated heterocycles. The van der Waals surface area contributed by atoms with Gasteiger partial charge < -0.3 is 10.5 Å². The van der Waals surface area contributed by atoms with Gasteiger partial charge in [0, 0.05) is 25.0 Å². The van der Waals surface area contributed by atoms with E-state index < -0.39 is 10.0 Å². The molecule has 2 aromatic carbocycles. The highest BCUT2D eigenvalue weighted by atomic mass is 32.2. The molecule has 2 atom stereocenters. The second-order valence-corrected chi connectivity index (χ2v) is 8.04. The van der Waals surface area contributed by atoms with Crippen LogP contribution in [0, 0.1) is 6.92 Å². The van der Waals surface area contributed by atoms with Crippen molar-refractivity contribution in [3.05, 3.63) is 59.7 Å². The van der Waals surface area contributed by atoms with Crippen LogP contribution in [0.15, 0.2) is 53.4 Å². The number of sulfonamides is 1. The van der Waals surface area contributed by atoms with Crippen LogP contribution in [0.1, 0.15) is 17.0 Å². The average molecular weight is 346 g/mol. The molecule has 1 aliphatic rings. The maximum Gasteiger partial charge on any atom is 0.243 e. The van der Waals surface area contributed by atoms with E-state index in [1.807, 2.05) is 30.3 Å². The predicted octanol–water partition coefficient (Wildman–Crippen LogP) is 2.12. The molecule has 0 aliphatic carbocycles. The number of methoxy groups -OCH3 is 1.